The first kappa shape index (κ1) is 14.9. The average Bonchev–Trinajstić information content (AvgIpc) is 3.29. The fourth-order valence-corrected chi connectivity index (χ4v) is 3.28. The monoisotopic (exact) mass is 288 g/mol. The van der Waals surface area contributed by atoms with Crippen molar-refractivity contribution in [2.45, 2.75) is 56.7 Å². The lowest BCUT2D eigenvalue weighted by molar-refractivity contribution is 0.213. The zero-order chi connectivity index (χ0) is 14.8. The minimum atomic E-state index is 0.647. The normalized spacial score (nSPS) is 26.5. The number of benzene rings is 1. The highest BCUT2D eigenvalue weighted by molar-refractivity contribution is 5.32. The lowest BCUT2D eigenvalue weighted by Crippen LogP contribution is -2.46. The van der Waals surface area contributed by atoms with Crippen molar-refractivity contribution in [2.24, 2.45) is 0 Å². The third-order valence-electron chi connectivity index (χ3n) is 5.22. The third-order valence-corrected chi connectivity index (χ3v) is 5.22. The number of nitrogens with one attached hydrogen (secondary N) is 1. The molecule has 116 valence electrons. The van der Waals surface area contributed by atoms with Gasteiger partial charge in [-0.25, -0.2) is 0 Å². The summed E-state index contributed by atoms with van der Waals surface area (Å²) in [6.07, 6.45) is 5.30. The molecule has 21 heavy (non-hydrogen) atoms. The zero-order valence-electron chi connectivity index (χ0n) is 13.5. The summed E-state index contributed by atoms with van der Waals surface area (Å²) < 4.78 is 5.31. The number of hydrogen-bond acceptors (Lipinski definition) is 3. The van der Waals surface area contributed by atoms with Crippen LogP contribution in [-0.4, -0.2) is 43.7 Å². The molecule has 2 saturated carbocycles. The van der Waals surface area contributed by atoms with Gasteiger partial charge in [-0.1, -0.05) is 12.1 Å². The predicted molar refractivity (Wildman–Crippen MR) is 87.0 cm³/mol. The highest BCUT2D eigenvalue weighted by atomic mass is 16.5. The number of nitrogens with zero attached hydrogens (tertiary/aromatic N) is 1. The van der Waals surface area contributed by atoms with Gasteiger partial charge in [0.05, 0.1) is 7.11 Å². The SMILES string of the molecule is COc1cccc(C2CC(NCC(C)N(C)C3CC3)C2)c1. The lowest BCUT2D eigenvalue weighted by atomic mass is 9.76. The molecule has 0 spiro atoms. The van der Waals surface area contributed by atoms with Gasteiger partial charge in [-0.3, -0.25) is 4.90 Å². The van der Waals surface area contributed by atoms with Gasteiger partial charge < -0.3 is 10.1 Å². The second-order valence-electron chi connectivity index (χ2n) is 6.80. The zero-order valence-corrected chi connectivity index (χ0v) is 13.5. The van der Waals surface area contributed by atoms with E-state index in [4.69, 9.17) is 4.74 Å². The van der Waals surface area contributed by atoms with Gasteiger partial charge in [-0.05, 0) is 63.3 Å². The van der Waals surface area contributed by atoms with Gasteiger partial charge in [0.25, 0.3) is 0 Å². The van der Waals surface area contributed by atoms with Crippen molar-refractivity contribution < 1.29 is 4.74 Å². The molecule has 2 aliphatic carbocycles. The van der Waals surface area contributed by atoms with Crippen molar-refractivity contribution in [3.05, 3.63) is 29.8 Å². The van der Waals surface area contributed by atoms with Crippen molar-refractivity contribution in [3.63, 3.8) is 0 Å². The Hall–Kier alpha value is -1.06. The Morgan fingerprint density at radius 1 is 1.33 bits per heavy atom. The quantitative estimate of drug-likeness (QED) is 0.834. The van der Waals surface area contributed by atoms with Crippen LogP contribution in [0.4, 0.5) is 0 Å². The largest absolute Gasteiger partial charge is 0.497 e. The molecule has 3 rings (SSSR count). The summed E-state index contributed by atoms with van der Waals surface area (Å²) in [6.45, 7) is 3.45. The molecule has 0 aliphatic heterocycles. The van der Waals surface area contributed by atoms with Gasteiger partial charge in [-0.2, -0.15) is 0 Å². The topological polar surface area (TPSA) is 24.5 Å². The second kappa shape index (κ2) is 6.37. The van der Waals surface area contributed by atoms with Crippen LogP contribution in [0.15, 0.2) is 24.3 Å². The van der Waals surface area contributed by atoms with Gasteiger partial charge in [0.2, 0.25) is 0 Å². The van der Waals surface area contributed by atoms with E-state index in [1.165, 1.54) is 31.2 Å². The van der Waals surface area contributed by atoms with Crippen LogP contribution in [0.1, 0.15) is 44.1 Å². The smallest absolute Gasteiger partial charge is 0.119 e. The van der Waals surface area contributed by atoms with E-state index in [1.807, 2.05) is 6.07 Å². The Bertz CT molecular complexity index is 466. The Morgan fingerprint density at radius 2 is 2.10 bits per heavy atom. The Balaban J connectivity index is 1.41. The Kier molecular flexibility index (Phi) is 4.51. The molecule has 2 aliphatic rings. The molecule has 0 aromatic heterocycles. The van der Waals surface area contributed by atoms with Gasteiger partial charge in [0.15, 0.2) is 0 Å². The fraction of sp³-hybridized carbons (Fsp3) is 0.667. The lowest BCUT2D eigenvalue weighted by Gasteiger charge is -2.38. The van der Waals surface area contributed by atoms with Crippen molar-refractivity contribution in [1.82, 2.24) is 10.2 Å². The van der Waals surface area contributed by atoms with E-state index in [-0.39, 0.29) is 0 Å². The van der Waals surface area contributed by atoms with E-state index >= 15 is 0 Å². The molecule has 3 nitrogen and oxygen atoms in total. The van der Waals surface area contributed by atoms with Crippen LogP contribution >= 0.6 is 0 Å². The van der Waals surface area contributed by atoms with Crippen molar-refractivity contribution in [1.29, 1.82) is 0 Å². The van der Waals surface area contributed by atoms with Crippen LogP contribution in [0.5, 0.6) is 5.75 Å². The third kappa shape index (κ3) is 3.58. The van der Waals surface area contributed by atoms with E-state index in [9.17, 15) is 0 Å². The summed E-state index contributed by atoms with van der Waals surface area (Å²) in [5.74, 6) is 1.68. The maximum atomic E-state index is 5.31. The van der Waals surface area contributed by atoms with E-state index in [0.29, 0.717) is 18.0 Å². The highest BCUT2D eigenvalue weighted by Crippen LogP contribution is 2.38. The molecule has 0 saturated heterocycles. The predicted octanol–water partition coefficient (Wildman–Crippen LogP) is 3.01. The van der Waals surface area contributed by atoms with Crippen LogP contribution < -0.4 is 10.1 Å². The minimum Gasteiger partial charge on any atom is -0.497 e. The van der Waals surface area contributed by atoms with Crippen molar-refractivity contribution in [3.8, 4) is 5.75 Å². The van der Waals surface area contributed by atoms with Gasteiger partial charge in [-0.15, -0.1) is 0 Å². The van der Waals surface area contributed by atoms with Crippen LogP contribution in [-0.2, 0) is 0 Å². The van der Waals surface area contributed by atoms with Crippen LogP contribution in [0.2, 0.25) is 0 Å². The molecule has 1 aromatic rings. The summed E-state index contributed by atoms with van der Waals surface area (Å²) in [4.78, 5) is 2.53. The Labute approximate surface area is 128 Å². The molecule has 2 fully saturated rings. The Morgan fingerprint density at radius 3 is 2.76 bits per heavy atom. The van der Waals surface area contributed by atoms with Gasteiger partial charge in [0.1, 0.15) is 5.75 Å². The molecule has 1 N–H and O–H groups in total. The van der Waals surface area contributed by atoms with Gasteiger partial charge >= 0.3 is 0 Å². The van der Waals surface area contributed by atoms with Crippen molar-refractivity contribution >= 4 is 0 Å². The highest BCUT2D eigenvalue weighted by Gasteiger charge is 2.32. The molecule has 0 bridgehead atoms. The number of likely N-dealkylation sites (N-methyl/N-ethyl adjacent to an activating group) is 1. The van der Waals surface area contributed by atoms with Crippen LogP contribution in [0.3, 0.4) is 0 Å². The first-order valence-electron chi connectivity index (χ1n) is 8.26. The molecule has 0 radical (unpaired) electrons. The number of methoxy groups -OCH3 is 1. The molecule has 0 amide bonds. The maximum Gasteiger partial charge on any atom is 0.119 e. The molecule has 0 heterocycles. The summed E-state index contributed by atoms with van der Waals surface area (Å²) in [7, 11) is 4.01. The van der Waals surface area contributed by atoms with E-state index < -0.39 is 0 Å². The summed E-state index contributed by atoms with van der Waals surface area (Å²) in [5.41, 5.74) is 1.43. The summed E-state index contributed by atoms with van der Waals surface area (Å²) in [5, 5.41) is 3.74. The first-order valence-corrected chi connectivity index (χ1v) is 8.26. The number of rotatable bonds is 7. The second-order valence-corrected chi connectivity index (χ2v) is 6.80. The fourth-order valence-electron chi connectivity index (χ4n) is 3.28. The van der Waals surface area contributed by atoms with Crippen molar-refractivity contribution in [2.75, 3.05) is 20.7 Å². The summed E-state index contributed by atoms with van der Waals surface area (Å²) >= 11 is 0. The van der Waals surface area contributed by atoms with Crippen LogP contribution in [0.25, 0.3) is 0 Å². The number of hydrogen-bond donors (Lipinski definition) is 1. The average molecular weight is 288 g/mol. The molecular formula is C18H28N2O. The maximum absolute atomic E-state index is 5.31. The molecule has 1 atom stereocenters. The van der Waals surface area contributed by atoms with Crippen LogP contribution in [0, 0.1) is 0 Å². The van der Waals surface area contributed by atoms with E-state index in [1.54, 1.807) is 7.11 Å². The van der Waals surface area contributed by atoms with Gasteiger partial charge in [0, 0.05) is 24.7 Å². The van der Waals surface area contributed by atoms with E-state index in [2.05, 4.69) is 42.4 Å². The summed E-state index contributed by atoms with van der Waals surface area (Å²) in [6, 6.07) is 10.7. The first-order chi connectivity index (χ1) is 10.2. The molecule has 3 heteroatoms. The minimum absolute atomic E-state index is 0.647. The molecular weight excluding hydrogens is 260 g/mol. The molecule has 1 aromatic carbocycles. The number of ether oxygens (including phenoxy) is 1. The standard InChI is InChI=1S/C18H28N2O/c1-13(20(2)17-7-8-17)12-19-16-9-15(10-16)14-5-4-6-18(11-14)21-3/h4-6,11,13,15-17,19H,7-10,12H2,1-3H3. The van der Waals surface area contributed by atoms with E-state index in [0.717, 1.165) is 18.3 Å². The molecule has 1 unspecified atom stereocenters.